The lowest BCUT2D eigenvalue weighted by molar-refractivity contribution is 0.281. The fraction of sp³-hybridized carbons (Fsp3) is 0.111. The summed E-state index contributed by atoms with van der Waals surface area (Å²) in [6.07, 6.45) is 0. The molecule has 4 aromatic rings. The van der Waals surface area contributed by atoms with Crippen molar-refractivity contribution in [2.75, 3.05) is 7.11 Å². The average Bonchev–Trinajstić information content (AvgIpc) is 3.28. The molecule has 0 saturated heterocycles. The van der Waals surface area contributed by atoms with Crippen molar-refractivity contribution in [1.29, 1.82) is 0 Å². The molecule has 2 aromatic carbocycles. The molecule has 0 aliphatic carbocycles. The second kappa shape index (κ2) is 6.44. The third-order valence-corrected chi connectivity index (χ3v) is 4.33. The van der Waals surface area contributed by atoms with Crippen molar-refractivity contribution in [2.24, 2.45) is 0 Å². The molecule has 0 atom stereocenters. The molecular formula is C18H14ClFN4O2. The first-order valence-electron chi connectivity index (χ1n) is 7.77. The van der Waals surface area contributed by atoms with Crippen LogP contribution in [0.1, 0.15) is 5.56 Å². The Morgan fingerprint density at radius 2 is 2.04 bits per heavy atom. The third kappa shape index (κ3) is 2.91. The van der Waals surface area contributed by atoms with Crippen LogP contribution in [0.15, 0.2) is 36.4 Å². The number of aliphatic hydroxyl groups excluding tert-OH is 1. The number of ether oxygens (including phenoxy) is 1. The normalized spacial score (nSPS) is 11.2. The summed E-state index contributed by atoms with van der Waals surface area (Å²) in [5.41, 5.74) is 3.92. The molecule has 132 valence electrons. The summed E-state index contributed by atoms with van der Waals surface area (Å²) in [5.74, 6) is 0.642. The zero-order chi connectivity index (χ0) is 18.3. The summed E-state index contributed by atoms with van der Waals surface area (Å²) < 4.78 is 18.9. The van der Waals surface area contributed by atoms with E-state index in [0.717, 1.165) is 11.1 Å². The molecular weight excluding hydrogens is 359 g/mol. The van der Waals surface area contributed by atoms with Gasteiger partial charge in [0.05, 0.1) is 35.5 Å². The molecule has 0 bridgehead atoms. The molecule has 3 N–H and O–H groups in total. The van der Waals surface area contributed by atoms with Crippen LogP contribution < -0.4 is 4.74 Å². The smallest absolute Gasteiger partial charge is 0.156 e. The summed E-state index contributed by atoms with van der Waals surface area (Å²) >= 11 is 5.80. The number of nitrogens with one attached hydrogen (secondary N) is 2. The van der Waals surface area contributed by atoms with E-state index in [9.17, 15) is 9.50 Å². The third-order valence-electron chi connectivity index (χ3n) is 4.04. The van der Waals surface area contributed by atoms with Crippen molar-refractivity contribution in [2.45, 2.75) is 6.61 Å². The molecule has 8 heteroatoms. The number of methoxy groups -OCH3 is 1. The van der Waals surface area contributed by atoms with Gasteiger partial charge in [0, 0.05) is 11.6 Å². The van der Waals surface area contributed by atoms with Crippen LogP contribution in [0.2, 0.25) is 5.02 Å². The molecule has 0 amide bonds. The highest BCUT2D eigenvalue weighted by atomic mass is 35.5. The Morgan fingerprint density at radius 3 is 2.81 bits per heavy atom. The highest BCUT2D eigenvalue weighted by Gasteiger charge is 2.13. The molecule has 6 nitrogen and oxygen atoms in total. The van der Waals surface area contributed by atoms with E-state index < -0.39 is 5.82 Å². The van der Waals surface area contributed by atoms with Crippen molar-refractivity contribution < 1.29 is 14.2 Å². The van der Waals surface area contributed by atoms with Gasteiger partial charge in [0.2, 0.25) is 0 Å². The van der Waals surface area contributed by atoms with E-state index in [4.69, 9.17) is 16.3 Å². The van der Waals surface area contributed by atoms with Gasteiger partial charge >= 0.3 is 0 Å². The summed E-state index contributed by atoms with van der Waals surface area (Å²) in [7, 11) is 1.56. The van der Waals surface area contributed by atoms with E-state index in [2.05, 4.69) is 20.2 Å². The number of imidazole rings is 1. The number of hydrogen-bond acceptors (Lipinski definition) is 4. The first-order chi connectivity index (χ1) is 12.6. The van der Waals surface area contributed by atoms with E-state index in [1.165, 1.54) is 12.1 Å². The first kappa shape index (κ1) is 16.6. The largest absolute Gasteiger partial charge is 0.497 e. The molecule has 0 aliphatic heterocycles. The lowest BCUT2D eigenvalue weighted by Gasteiger charge is -2.05. The van der Waals surface area contributed by atoms with Gasteiger partial charge in [-0.15, -0.1) is 0 Å². The van der Waals surface area contributed by atoms with Gasteiger partial charge in [-0.05, 0) is 35.9 Å². The van der Waals surface area contributed by atoms with Crippen LogP contribution in [0.5, 0.6) is 5.75 Å². The predicted octanol–water partition coefficient (Wildman–Crippen LogP) is 3.91. The lowest BCUT2D eigenvalue weighted by Crippen LogP contribution is -1.90. The Morgan fingerprint density at radius 1 is 1.19 bits per heavy atom. The fourth-order valence-electron chi connectivity index (χ4n) is 2.74. The maximum absolute atomic E-state index is 13.6. The minimum atomic E-state index is -0.507. The molecule has 2 heterocycles. The SMILES string of the molecule is COc1cc(CO)cc(-c2cc(-c3nc4cc(Cl)c(F)cc4[nH]3)[nH]n2)c1. The van der Waals surface area contributed by atoms with Crippen molar-refractivity contribution in [3.8, 4) is 28.5 Å². The standard InChI is InChI=1S/C18H14ClFN4O2/c1-26-11-3-9(8-25)2-10(4-11)14-7-17(24-23-14)18-21-15-5-12(19)13(20)6-16(15)22-18/h2-7,25H,8H2,1H3,(H,21,22)(H,23,24). The first-order valence-corrected chi connectivity index (χ1v) is 8.15. The Labute approximate surface area is 152 Å². The van der Waals surface area contributed by atoms with E-state index >= 15 is 0 Å². The van der Waals surface area contributed by atoms with Crippen molar-refractivity contribution >= 4 is 22.6 Å². The maximum Gasteiger partial charge on any atom is 0.156 e. The number of nitrogens with zero attached hydrogens (tertiary/aromatic N) is 2. The molecule has 2 aromatic heterocycles. The number of hydrogen-bond donors (Lipinski definition) is 3. The van der Waals surface area contributed by atoms with Gasteiger partial charge < -0.3 is 14.8 Å². The number of rotatable bonds is 4. The van der Waals surface area contributed by atoms with Crippen molar-refractivity contribution in [3.63, 3.8) is 0 Å². The van der Waals surface area contributed by atoms with E-state index in [0.29, 0.717) is 34.0 Å². The number of halogens is 2. The molecule has 0 fully saturated rings. The Balaban J connectivity index is 1.74. The van der Waals surface area contributed by atoms with Crippen LogP contribution in [-0.2, 0) is 6.61 Å². The molecule has 0 radical (unpaired) electrons. The van der Waals surface area contributed by atoms with Gasteiger partial charge in [-0.2, -0.15) is 5.10 Å². The average molecular weight is 373 g/mol. The Hall–Kier alpha value is -2.90. The monoisotopic (exact) mass is 372 g/mol. The number of H-pyrrole nitrogens is 2. The number of aliphatic hydroxyl groups is 1. The molecule has 0 saturated carbocycles. The second-order valence-electron chi connectivity index (χ2n) is 5.76. The van der Waals surface area contributed by atoms with Crippen molar-refractivity contribution in [3.05, 3.63) is 52.8 Å². The zero-order valence-corrected chi connectivity index (χ0v) is 14.4. The minimum Gasteiger partial charge on any atom is -0.497 e. The van der Waals surface area contributed by atoms with Gasteiger partial charge in [-0.25, -0.2) is 9.37 Å². The van der Waals surface area contributed by atoms with Crippen LogP contribution >= 0.6 is 11.6 Å². The number of aromatic nitrogens is 4. The number of fused-ring (bicyclic) bond motifs is 1. The molecule has 4 rings (SSSR count). The maximum atomic E-state index is 13.6. The van der Waals surface area contributed by atoms with Crippen LogP contribution in [0.25, 0.3) is 33.8 Å². The summed E-state index contributed by atoms with van der Waals surface area (Å²) in [5, 5.41) is 16.6. The van der Waals surface area contributed by atoms with Gasteiger partial charge in [0.1, 0.15) is 17.3 Å². The fourth-order valence-corrected chi connectivity index (χ4v) is 2.90. The second-order valence-corrected chi connectivity index (χ2v) is 6.17. The molecule has 26 heavy (non-hydrogen) atoms. The van der Waals surface area contributed by atoms with Gasteiger partial charge in [-0.3, -0.25) is 5.10 Å². The lowest BCUT2D eigenvalue weighted by atomic mass is 10.1. The highest BCUT2D eigenvalue weighted by molar-refractivity contribution is 6.31. The quantitative estimate of drug-likeness (QED) is 0.507. The van der Waals surface area contributed by atoms with E-state index in [1.807, 2.05) is 18.2 Å². The summed E-state index contributed by atoms with van der Waals surface area (Å²) in [6, 6.07) is 10.0. The summed E-state index contributed by atoms with van der Waals surface area (Å²) in [6.45, 7) is -0.0998. The highest BCUT2D eigenvalue weighted by Crippen LogP contribution is 2.29. The number of benzene rings is 2. The summed E-state index contributed by atoms with van der Waals surface area (Å²) in [4.78, 5) is 7.46. The van der Waals surface area contributed by atoms with Crippen LogP contribution in [0.3, 0.4) is 0 Å². The van der Waals surface area contributed by atoms with Crippen molar-refractivity contribution in [1.82, 2.24) is 20.2 Å². The zero-order valence-electron chi connectivity index (χ0n) is 13.7. The Bertz CT molecular complexity index is 1040. The van der Waals surface area contributed by atoms with Gasteiger partial charge in [0.15, 0.2) is 5.82 Å². The van der Waals surface area contributed by atoms with E-state index in [1.54, 1.807) is 13.2 Å². The molecule has 0 spiro atoms. The number of aromatic amines is 2. The van der Waals surface area contributed by atoms with Crippen LogP contribution in [0.4, 0.5) is 4.39 Å². The molecule has 0 aliphatic rings. The Kier molecular flexibility index (Phi) is 4.10. The van der Waals surface area contributed by atoms with Crippen LogP contribution in [0, 0.1) is 5.82 Å². The molecule has 0 unspecified atom stereocenters. The van der Waals surface area contributed by atoms with Gasteiger partial charge in [0.25, 0.3) is 0 Å². The van der Waals surface area contributed by atoms with Crippen LogP contribution in [-0.4, -0.2) is 32.4 Å². The van der Waals surface area contributed by atoms with Gasteiger partial charge in [-0.1, -0.05) is 11.6 Å². The minimum absolute atomic E-state index is 0.0220. The predicted molar refractivity (Wildman–Crippen MR) is 96.6 cm³/mol. The van der Waals surface area contributed by atoms with E-state index in [-0.39, 0.29) is 11.6 Å². The topological polar surface area (TPSA) is 86.8 Å².